The highest BCUT2D eigenvalue weighted by molar-refractivity contribution is 14.0. The first-order chi connectivity index (χ1) is 13.1. The number of benzene rings is 1. The number of rotatable bonds is 10. The summed E-state index contributed by atoms with van der Waals surface area (Å²) in [6.07, 6.45) is 1.08. The van der Waals surface area contributed by atoms with E-state index >= 15 is 0 Å². The van der Waals surface area contributed by atoms with Crippen LogP contribution in [0.1, 0.15) is 31.4 Å². The largest absolute Gasteiger partial charge is 0.493 e. The molecule has 1 atom stereocenters. The molecule has 0 spiro atoms. The van der Waals surface area contributed by atoms with Gasteiger partial charge in [0.15, 0.2) is 5.96 Å². The third-order valence-corrected chi connectivity index (χ3v) is 4.80. The van der Waals surface area contributed by atoms with Gasteiger partial charge < -0.3 is 25.0 Å². The number of ether oxygens (including phenoxy) is 2. The van der Waals surface area contributed by atoms with Gasteiger partial charge in [0.1, 0.15) is 5.75 Å². The van der Waals surface area contributed by atoms with Crippen molar-refractivity contribution in [2.45, 2.75) is 33.7 Å². The van der Waals surface area contributed by atoms with Crippen molar-refractivity contribution in [1.29, 1.82) is 0 Å². The van der Waals surface area contributed by atoms with Crippen LogP contribution in [0, 0.1) is 12.8 Å². The maximum absolute atomic E-state index is 6.12. The van der Waals surface area contributed by atoms with E-state index in [0.717, 1.165) is 63.1 Å². The molecular formula is C21H37IN4O2. The molecule has 1 fully saturated rings. The average molecular weight is 504 g/mol. The zero-order valence-corrected chi connectivity index (χ0v) is 20.1. The van der Waals surface area contributed by atoms with Gasteiger partial charge >= 0.3 is 0 Å². The maximum atomic E-state index is 6.12. The minimum Gasteiger partial charge on any atom is -0.493 e. The van der Waals surface area contributed by atoms with Crippen LogP contribution < -0.4 is 15.4 Å². The number of hydrogen-bond donors (Lipinski definition) is 2. The van der Waals surface area contributed by atoms with Gasteiger partial charge in [-0.1, -0.05) is 19.1 Å². The van der Waals surface area contributed by atoms with Crippen LogP contribution in [-0.2, 0) is 11.3 Å². The quantitative estimate of drug-likeness (QED) is 0.292. The highest BCUT2D eigenvalue weighted by atomic mass is 127. The standard InChI is InChI=1S/C21H36N4O2.HI/c1-5-22-21(23-10-11-25(4)6-2)24-14-19-8-7-17(3)13-20(19)27-16-18-9-12-26-15-18;/h7-8,13,18H,5-6,9-12,14-16H2,1-4H3,(H2,22,23,24);1H. The van der Waals surface area contributed by atoms with E-state index < -0.39 is 0 Å². The van der Waals surface area contributed by atoms with E-state index in [1.54, 1.807) is 0 Å². The SMILES string of the molecule is CCNC(=NCc1ccc(C)cc1OCC1CCOC1)NCCN(C)CC.I. The predicted molar refractivity (Wildman–Crippen MR) is 127 cm³/mol. The molecule has 160 valence electrons. The average Bonchev–Trinajstić information content (AvgIpc) is 3.18. The van der Waals surface area contributed by atoms with Crippen molar-refractivity contribution in [3.8, 4) is 5.75 Å². The van der Waals surface area contributed by atoms with Crippen LogP contribution in [-0.4, -0.2) is 63.9 Å². The lowest BCUT2D eigenvalue weighted by Crippen LogP contribution is -2.40. The maximum Gasteiger partial charge on any atom is 0.191 e. The van der Waals surface area contributed by atoms with Crippen molar-refractivity contribution in [2.75, 3.05) is 53.0 Å². The lowest BCUT2D eigenvalue weighted by molar-refractivity contribution is 0.166. The molecule has 0 bridgehead atoms. The molecule has 1 unspecified atom stereocenters. The first-order valence-electron chi connectivity index (χ1n) is 10.1. The van der Waals surface area contributed by atoms with Crippen LogP contribution in [0.15, 0.2) is 23.2 Å². The summed E-state index contributed by atoms with van der Waals surface area (Å²) in [5.74, 6) is 2.28. The molecule has 6 nitrogen and oxygen atoms in total. The summed E-state index contributed by atoms with van der Waals surface area (Å²) in [5, 5.41) is 6.72. The Balaban J connectivity index is 0.00000392. The molecule has 0 saturated carbocycles. The van der Waals surface area contributed by atoms with E-state index in [4.69, 9.17) is 14.5 Å². The molecule has 2 N–H and O–H groups in total. The van der Waals surface area contributed by atoms with E-state index in [0.29, 0.717) is 19.1 Å². The van der Waals surface area contributed by atoms with Gasteiger partial charge in [-0.15, -0.1) is 24.0 Å². The Kier molecular flexibility index (Phi) is 12.5. The fraction of sp³-hybridized carbons (Fsp3) is 0.667. The number of guanidine groups is 1. The molecular weight excluding hydrogens is 467 g/mol. The van der Waals surface area contributed by atoms with Crippen molar-refractivity contribution >= 4 is 29.9 Å². The van der Waals surface area contributed by atoms with E-state index in [-0.39, 0.29) is 24.0 Å². The van der Waals surface area contributed by atoms with Gasteiger partial charge in [-0.05, 0) is 45.5 Å². The zero-order valence-electron chi connectivity index (χ0n) is 17.8. The van der Waals surface area contributed by atoms with Gasteiger partial charge in [0, 0.05) is 37.7 Å². The Hall–Kier alpha value is -1.06. The second-order valence-corrected chi connectivity index (χ2v) is 7.17. The van der Waals surface area contributed by atoms with Crippen LogP contribution in [0.2, 0.25) is 0 Å². The summed E-state index contributed by atoms with van der Waals surface area (Å²) in [5.41, 5.74) is 2.32. The first kappa shape index (κ1) is 25.0. The second-order valence-electron chi connectivity index (χ2n) is 7.17. The Morgan fingerprint density at radius 3 is 2.82 bits per heavy atom. The lowest BCUT2D eigenvalue weighted by Gasteiger charge is -2.17. The van der Waals surface area contributed by atoms with Gasteiger partial charge in [-0.3, -0.25) is 0 Å². The van der Waals surface area contributed by atoms with Crippen LogP contribution in [0.25, 0.3) is 0 Å². The van der Waals surface area contributed by atoms with Gasteiger partial charge in [0.2, 0.25) is 0 Å². The molecule has 0 radical (unpaired) electrons. The van der Waals surface area contributed by atoms with Crippen molar-refractivity contribution in [3.05, 3.63) is 29.3 Å². The minimum atomic E-state index is 0. The summed E-state index contributed by atoms with van der Waals surface area (Å²) in [6.45, 7) is 13.0. The van der Waals surface area contributed by atoms with Crippen molar-refractivity contribution in [2.24, 2.45) is 10.9 Å². The third-order valence-electron chi connectivity index (χ3n) is 4.80. The topological polar surface area (TPSA) is 58.1 Å². The van der Waals surface area contributed by atoms with E-state index in [1.165, 1.54) is 5.56 Å². The van der Waals surface area contributed by atoms with Crippen molar-refractivity contribution in [3.63, 3.8) is 0 Å². The number of hydrogen-bond acceptors (Lipinski definition) is 4. The van der Waals surface area contributed by atoms with Crippen LogP contribution in [0.3, 0.4) is 0 Å². The summed E-state index contributed by atoms with van der Waals surface area (Å²) < 4.78 is 11.6. The molecule has 1 heterocycles. The lowest BCUT2D eigenvalue weighted by atomic mass is 10.1. The number of likely N-dealkylation sites (N-methyl/N-ethyl adjacent to an activating group) is 1. The Morgan fingerprint density at radius 2 is 2.14 bits per heavy atom. The highest BCUT2D eigenvalue weighted by Gasteiger charge is 2.17. The third kappa shape index (κ3) is 8.96. The minimum absolute atomic E-state index is 0. The Morgan fingerprint density at radius 1 is 1.32 bits per heavy atom. The Bertz CT molecular complexity index is 592. The van der Waals surface area contributed by atoms with Gasteiger partial charge in [-0.25, -0.2) is 4.99 Å². The fourth-order valence-electron chi connectivity index (χ4n) is 2.88. The molecule has 1 saturated heterocycles. The van der Waals surface area contributed by atoms with Crippen LogP contribution in [0.5, 0.6) is 5.75 Å². The van der Waals surface area contributed by atoms with E-state index in [2.05, 4.69) is 61.6 Å². The van der Waals surface area contributed by atoms with Crippen LogP contribution in [0.4, 0.5) is 0 Å². The molecule has 2 rings (SSSR count). The first-order valence-corrected chi connectivity index (χ1v) is 10.1. The van der Waals surface area contributed by atoms with Gasteiger partial charge in [0.05, 0.1) is 19.8 Å². The zero-order chi connectivity index (χ0) is 19.5. The molecule has 0 aliphatic carbocycles. The summed E-state index contributed by atoms with van der Waals surface area (Å²) in [7, 11) is 2.12. The molecule has 0 amide bonds. The molecule has 0 aromatic heterocycles. The molecule has 1 aromatic carbocycles. The number of aliphatic imine (C=N–C) groups is 1. The molecule has 1 aliphatic rings. The summed E-state index contributed by atoms with van der Waals surface area (Å²) in [4.78, 5) is 7.02. The van der Waals surface area contributed by atoms with Gasteiger partial charge in [-0.2, -0.15) is 0 Å². The normalized spacial score (nSPS) is 16.8. The van der Waals surface area contributed by atoms with Gasteiger partial charge in [0.25, 0.3) is 0 Å². The van der Waals surface area contributed by atoms with Crippen molar-refractivity contribution < 1.29 is 9.47 Å². The fourth-order valence-corrected chi connectivity index (χ4v) is 2.88. The summed E-state index contributed by atoms with van der Waals surface area (Å²) in [6, 6.07) is 6.35. The number of aryl methyl sites for hydroxylation is 1. The monoisotopic (exact) mass is 504 g/mol. The highest BCUT2D eigenvalue weighted by Crippen LogP contribution is 2.23. The predicted octanol–water partition coefficient (Wildman–Crippen LogP) is 3.04. The number of nitrogens with one attached hydrogen (secondary N) is 2. The molecule has 1 aromatic rings. The van der Waals surface area contributed by atoms with Crippen molar-refractivity contribution in [1.82, 2.24) is 15.5 Å². The molecule has 7 heteroatoms. The van der Waals surface area contributed by atoms with E-state index in [1.807, 2.05) is 0 Å². The van der Waals surface area contributed by atoms with Crippen LogP contribution >= 0.6 is 24.0 Å². The number of nitrogens with zero attached hydrogens (tertiary/aromatic N) is 2. The smallest absolute Gasteiger partial charge is 0.191 e. The summed E-state index contributed by atoms with van der Waals surface area (Å²) >= 11 is 0. The number of halogens is 1. The molecule has 1 aliphatic heterocycles. The second kappa shape index (κ2) is 14.0. The molecule has 28 heavy (non-hydrogen) atoms. The van der Waals surface area contributed by atoms with E-state index in [9.17, 15) is 0 Å². The Labute approximate surface area is 187 Å².